The van der Waals surface area contributed by atoms with E-state index in [1.165, 1.54) is 58.8 Å². The molecule has 3 heterocycles. The fraction of sp³-hybridized carbons (Fsp3) is 1.00. The second kappa shape index (κ2) is 7.02. The lowest BCUT2D eigenvalue weighted by atomic mass is 9.74. The van der Waals surface area contributed by atoms with E-state index < -0.39 is 0 Å². The summed E-state index contributed by atoms with van der Waals surface area (Å²) in [6, 6.07) is 1.30. The molecule has 1 atom stereocenters. The van der Waals surface area contributed by atoms with Gasteiger partial charge >= 0.3 is 0 Å². The van der Waals surface area contributed by atoms with E-state index in [0.29, 0.717) is 23.0 Å². The third-order valence-electron chi connectivity index (χ3n) is 7.90. The monoisotopic (exact) mass is 364 g/mol. The maximum absolute atomic E-state index is 2.78. The molecule has 3 rings (SSSR count). The van der Waals surface area contributed by atoms with E-state index in [1.54, 1.807) is 0 Å². The summed E-state index contributed by atoms with van der Waals surface area (Å²) in [6.45, 7) is 29.2. The van der Waals surface area contributed by atoms with Crippen molar-refractivity contribution in [3.8, 4) is 0 Å². The summed E-state index contributed by atoms with van der Waals surface area (Å²) >= 11 is 0. The molecule has 0 amide bonds. The summed E-state index contributed by atoms with van der Waals surface area (Å²) in [5.41, 5.74) is 1.16. The van der Waals surface area contributed by atoms with Gasteiger partial charge in [0.15, 0.2) is 0 Å². The molecule has 3 fully saturated rings. The summed E-state index contributed by atoms with van der Waals surface area (Å²) in [6.07, 6.45) is 1.39. The molecular formula is C22H44N4. The minimum Gasteiger partial charge on any atom is -0.298 e. The predicted molar refractivity (Wildman–Crippen MR) is 112 cm³/mol. The minimum atomic E-state index is 0.264. The smallest absolute Gasteiger partial charge is 0.0306 e. The summed E-state index contributed by atoms with van der Waals surface area (Å²) in [4.78, 5) is 10.8. The number of likely N-dealkylation sites (tertiary alicyclic amines) is 2. The molecule has 0 aromatic carbocycles. The highest BCUT2D eigenvalue weighted by Gasteiger charge is 2.54. The molecule has 3 aliphatic rings. The molecule has 0 aromatic rings. The van der Waals surface area contributed by atoms with Gasteiger partial charge in [0.1, 0.15) is 0 Å². The van der Waals surface area contributed by atoms with Gasteiger partial charge in [0.2, 0.25) is 0 Å². The Kier molecular flexibility index (Phi) is 5.56. The zero-order chi connectivity index (χ0) is 19.3. The van der Waals surface area contributed by atoms with Crippen LogP contribution in [0.15, 0.2) is 0 Å². The molecule has 1 unspecified atom stereocenters. The molecule has 26 heavy (non-hydrogen) atoms. The van der Waals surface area contributed by atoms with E-state index in [0.717, 1.165) is 0 Å². The van der Waals surface area contributed by atoms with Crippen molar-refractivity contribution in [2.24, 2.45) is 5.41 Å². The van der Waals surface area contributed by atoms with Crippen LogP contribution in [0.2, 0.25) is 0 Å². The molecule has 3 saturated heterocycles. The van der Waals surface area contributed by atoms with Gasteiger partial charge in [-0.1, -0.05) is 0 Å². The van der Waals surface area contributed by atoms with Crippen LogP contribution in [0.5, 0.6) is 0 Å². The average Bonchev–Trinajstić information content (AvgIpc) is 2.98. The van der Waals surface area contributed by atoms with E-state index in [9.17, 15) is 0 Å². The highest BCUT2D eigenvalue weighted by atomic mass is 15.4. The first-order valence-electron chi connectivity index (χ1n) is 10.9. The fourth-order valence-electron chi connectivity index (χ4n) is 5.29. The van der Waals surface area contributed by atoms with Gasteiger partial charge in [-0.05, 0) is 68.4 Å². The van der Waals surface area contributed by atoms with Crippen LogP contribution in [0.3, 0.4) is 0 Å². The molecule has 0 radical (unpaired) electrons. The second-order valence-electron chi connectivity index (χ2n) is 11.2. The van der Waals surface area contributed by atoms with Gasteiger partial charge in [0, 0.05) is 74.4 Å². The first-order chi connectivity index (χ1) is 11.9. The fourth-order valence-corrected chi connectivity index (χ4v) is 5.29. The number of piperazine rings is 1. The van der Waals surface area contributed by atoms with Gasteiger partial charge < -0.3 is 0 Å². The third kappa shape index (κ3) is 3.85. The van der Waals surface area contributed by atoms with Crippen LogP contribution in [0.1, 0.15) is 61.8 Å². The van der Waals surface area contributed by atoms with Crippen LogP contribution in [-0.4, -0.2) is 95.1 Å². The molecule has 0 saturated carbocycles. The quantitative estimate of drug-likeness (QED) is 0.760. The minimum absolute atomic E-state index is 0.264. The molecule has 4 heteroatoms. The average molecular weight is 365 g/mol. The predicted octanol–water partition coefficient (Wildman–Crippen LogP) is 2.99. The van der Waals surface area contributed by atoms with Crippen molar-refractivity contribution < 1.29 is 0 Å². The molecule has 0 aliphatic carbocycles. The molecular weight excluding hydrogens is 320 g/mol. The summed E-state index contributed by atoms with van der Waals surface area (Å²) in [5, 5.41) is 0. The maximum atomic E-state index is 2.78. The van der Waals surface area contributed by atoms with Gasteiger partial charge in [-0.25, -0.2) is 0 Å². The van der Waals surface area contributed by atoms with E-state index >= 15 is 0 Å². The number of nitrogens with zero attached hydrogens (tertiary/aromatic N) is 4. The Bertz CT molecular complexity index is 479. The van der Waals surface area contributed by atoms with Crippen LogP contribution in [-0.2, 0) is 0 Å². The van der Waals surface area contributed by atoms with Crippen molar-refractivity contribution in [2.75, 3.05) is 52.4 Å². The Morgan fingerprint density at radius 2 is 1.19 bits per heavy atom. The Hall–Kier alpha value is -0.160. The molecule has 3 aliphatic heterocycles. The lowest BCUT2D eigenvalue weighted by molar-refractivity contribution is -0.0963. The topological polar surface area (TPSA) is 13.0 Å². The van der Waals surface area contributed by atoms with Crippen molar-refractivity contribution in [2.45, 2.75) is 85.0 Å². The van der Waals surface area contributed by atoms with Crippen LogP contribution in [0, 0.1) is 5.41 Å². The van der Waals surface area contributed by atoms with Crippen molar-refractivity contribution in [1.82, 2.24) is 19.6 Å². The maximum Gasteiger partial charge on any atom is 0.0306 e. The van der Waals surface area contributed by atoms with Crippen molar-refractivity contribution in [3.63, 3.8) is 0 Å². The molecule has 4 nitrogen and oxygen atoms in total. The van der Waals surface area contributed by atoms with Gasteiger partial charge in [-0.2, -0.15) is 0 Å². The van der Waals surface area contributed by atoms with Crippen LogP contribution in [0.25, 0.3) is 0 Å². The number of hydrogen-bond donors (Lipinski definition) is 0. The van der Waals surface area contributed by atoms with E-state index in [2.05, 4.69) is 75.0 Å². The third-order valence-corrected chi connectivity index (χ3v) is 7.90. The van der Waals surface area contributed by atoms with Gasteiger partial charge in [0.25, 0.3) is 0 Å². The normalized spacial score (nSPS) is 28.0. The van der Waals surface area contributed by atoms with E-state index in [-0.39, 0.29) is 5.54 Å². The standard InChI is InChI=1S/C22H44N4/c1-18(2)23-11-13-24(14-12-23)19(3)21(7,8)26-16-22(17-26)9-10-25(15-22)20(4,5)6/h18-19H,9-17H2,1-8H3. The molecule has 1 spiro atoms. The summed E-state index contributed by atoms with van der Waals surface area (Å²) in [5.74, 6) is 0. The number of hydrogen-bond acceptors (Lipinski definition) is 4. The zero-order valence-corrected chi connectivity index (χ0v) is 18.8. The Morgan fingerprint density at radius 3 is 1.65 bits per heavy atom. The van der Waals surface area contributed by atoms with E-state index in [4.69, 9.17) is 0 Å². The SMILES string of the molecule is CC(C)N1CCN(C(C)C(C)(C)N2CC3(CCN(C(C)(C)C)C3)C2)CC1. The molecule has 0 aromatic heterocycles. The Morgan fingerprint density at radius 1 is 0.692 bits per heavy atom. The van der Waals surface area contributed by atoms with Crippen molar-refractivity contribution >= 4 is 0 Å². The second-order valence-corrected chi connectivity index (χ2v) is 11.2. The first-order valence-corrected chi connectivity index (χ1v) is 10.9. The summed E-state index contributed by atoms with van der Waals surface area (Å²) in [7, 11) is 0. The van der Waals surface area contributed by atoms with Crippen LogP contribution in [0.4, 0.5) is 0 Å². The number of rotatable bonds is 4. The van der Waals surface area contributed by atoms with E-state index in [1.807, 2.05) is 0 Å². The van der Waals surface area contributed by atoms with Crippen LogP contribution >= 0.6 is 0 Å². The highest BCUT2D eigenvalue weighted by Crippen LogP contribution is 2.45. The lowest BCUT2D eigenvalue weighted by Gasteiger charge is -2.59. The lowest BCUT2D eigenvalue weighted by Crippen LogP contribution is -2.70. The van der Waals surface area contributed by atoms with Gasteiger partial charge in [-0.3, -0.25) is 19.6 Å². The summed E-state index contributed by atoms with van der Waals surface area (Å²) < 4.78 is 0. The van der Waals surface area contributed by atoms with Gasteiger partial charge in [-0.15, -0.1) is 0 Å². The van der Waals surface area contributed by atoms with Crippen LogP contribution < -0.4 is 0 Å². The highest BCUT2D eigenvalue weighted by molar-refractivity contribution is 5.09. The largest absolute Gasteiger partial charge is 0.298 e. The van der Waals surface area contributed by atoms with Gasteiger partial charge in [0.05, 0.1) is 0 Å². The molecule has 0 bridgehead atoms. The molecule has 152 valence electrons. The zero-order valence-electron chi connectivity index (χ0n) is 18.8. The first kappa shape index (κ1) is 20.6. The van der Waals surface area contributed by atoms with Crippen molar-refractivity contribution in [3.05, 3.63) is 0 Å². The van der Waals surface area contributed by atoms with Crippen molar-refractivity contribution in [1.29, 1.82) is 0 Å². The molecule has 0 N–H and O–H groups in total. The Labute approximate surface area is 162 Å². The Balaban J connectivity index is 1.54.